The van der Waals surface area contributed by atoms with Crippen molar-refractivity contribution in [2.75, 3.05) is 0 Å². The van der Waals surface area contributed by atoms with Gasteiger partial charge in [0.2, 0.25) is 0 Å². The van der Waals surface area contributed by atoms with Crippen LogP contribution in [0.25, 0.3) is 11.0 Å². The summed E-state index contributed by atoms with van der Waals surface area (Å²) in [5, 5.41) is 5.02. The van der Waals surface area contributed by atoms with Gasteiger partial charge < -0.3 is 4.52 Å². The van der Waals surface area contributed by atoms with Crippen molar-refractivity contribution in [1.29, 1.82) is 0 Å². The van der Waals surface area contributed by atoms with Crippen LogP contribution in [0.5, 0.6) is 0 Å². The van der Waals surface area contributed by atoms with Crippen molar-refractivity contribution in [3.05, 3.63) is 27.9 Å². The van der Waals surface area contributed by atoms with E-state index in [4.69, 9.17) is 4.52 Å². The molecular formula is C9H8BrNO. The predicted molar refractivity (Wildman–Crippen MR) is 51.2 cm³/mol. The summed E-state index contributed by atoms with van der Waals surface area (Å²) < 4.78 is 6.21. The molecule has 3 heteroatoms. The molecule has 0 aliphatic carbocycles. The van der Waals surface area contributed by atoms with Gasteiger partial charge in [-0.1, -0.05) is 21.1 Å². The normalized spacial score (nSPS) is 10.9. The van der Waals surface area contributed by atoms with E-state index in [1.807, 2.05) is 19.1 Å². The largest absolute Gasteiger partial charge is 0.356 e. The zero-order chi connectivity index (χ0) is 8.72. The highest BCUT2D eigenvalue weighted by molar-refractivity contribution is 9.10. The van der Waals surface area contributed by atoms with E-state index in [1.165, 1.54) is 5.56 Å². The van der Waals surface area contributed by atoms with Crippen LogP contribution in [-0.2, 0) is 0 Å². The Morgan fingerprint density at radius 2 is 2.08 bits per heavy atom. The number of fused-ring (bicyclic) bond motifs is 1. The summed E-state index contributed by atoms with van der Waals surface area (Å²) in [6.07, 6.45) is 0. The van der Waals surface area contributed by atoms with Gasteiger partial charge in [-0.2, -0.15) is 0 Å². The first-order valence-electron chi connectivity index (χ1n) is 3.71. The fourth-order valence-corrected chi connectivity index (χ4v) is 1.68. The lowest BCUT2D eigenvalue weighted by Crippen LogP contribution is -1.78. The first-order chi connectivity index (χ1) is 5.70. The smallest absolute Gasteiger partial charge is 0.167 e. The van der Waals surface area contributed by atoms with E-state index in [1.54, 1.807) is 0 Å². The third-order valence-electron chi connectivity index (χ3n) is 2.00. The zero-order valence-corrected chi connectivity index (χ0v) is 8.47. The Morgan fingerprint density at radius 3 is 2.83 bits per heavy atom. The number of aromatic nitrogens is 1. The maximum absolute atomic E-state index is 5.11. The molecule has 1 aromatic heterocycles. The van der Waals surface area contributed by atoms with Crippen molar-refractivity contribution in [2.45, 2.75) is 13.8 Å². The molecule has 2 nitrogen and oxygen atoms in total. The van der Waals surface area contributed by atoms with Gasteiger partial charge in [-0.05, 0) is 31.5 Å². The summed E-state index contributed by atoms with van der Waals surface area (Å²) in [5.41, 5.74) is 2.99. The van der Waals surface area contributed by atoms with Gasteiger partial charge in [0.1, 0.15) is 0 Å². The number of hydrogen-bond donors (Lipinski definition) is 0. The Hall–Kier alpha value is -0.830. The van der Waals surface area contributed by atoms with E-state index in [9.17, 15) is 0 Å². The summed E-state index contributed by atoms with van der Waals surface area (Å²) >= 11 is 3.47. The summed E-state index contributed by atoms with van der Waals surface area (Å²) in [7, 11) is 0. The molecule has 1 heterocycles. The molecule has 2 rings (SSSR count). The van der Waals surface area contributed by atoms with Gasteiger partial charge in [0.05, 0.1) is 5.69 Å². The Labute approximate surface area is 78.7 Å². The number of benzene rings is 1. The third-order valence-corrected chi connectivity index (χ3v) is 2.86. The Morgan fingerprint density at radius 1 is 1.33 bits per heavy atom. The molecule has 0 aliphatic rings. The van der Waals surface area contributed by atoms with E-state index in [2.05, 4.69) is 28.0 Å². The SMILES string of the molecule is Cc1noc2ccc(Br)c(C)c12. The van der Waals surface area contributed by atoms with Gasteiger partial charge in [-0.3, -0.25) is 0 Å². The Bertz CT molecular complexity index is 433. The van der Waals surface area contributed by atoms with Gasteiger partial charge in [-0.15, -0.1) is 0 Å². The highest BCUT2D eigenvalue weighted by atomic mass is 79.9. The highest BCUT2D eigenvalue weighted by Crippen LogP contribution is 2.27. The Balaban J connectivity index is 2.96. The summed E-state index contributed by atoms with van der Waals surface area (Å²) in [5.74, 6) is 0. The summed E-state index contributed by atoms with van der Waals surface area (Å²) in [6, 6.07) is 3.90. The molecule has 0 radical (unpaired) electrons. The van der Waals surface area contributed by atoms with E-state index in [-0.39, 0.29) is 0 Å². The summed E-state index contributed by atoms with van der Waals surface area (Å²) in [4.78, 5) is 0. The number of aryl methyl sites for hydroxylation is 2. The van der Waals surface area contributed by atoms with E-state index in [0.29, 0.717) is 0 Å². The molecule has 1 aromatic carbocycles. The minimum Gasteiger partial charge on any atom is -0.356 e. The van der Waals surface area contributed by atoms with Crippen molar-refractivity contribution in [3.63, 3.8) is 0 Å². The molecule has 0 aliphatic heterocycles. The average molecular weight is 226 g/mol. The first-order valence-corrected chi connectivity index (χ1v) is 4.50. The molecule has 0 bridgehead atoms. The van der Waals surface area contributed by atoms with Crippen LogP contribution in [0.1, 0.15) is 11.3 Å². The van der Waals surface area contributed by atoms with Gasteiger partial charge in [-0.25, -0.2) is 0 Å². The molecule has 12 heavy (non-hydrogen) atoms. The molecule has 2 aromatic rings. The van der Waals surface area contributed by atoms with Crippen LogP contribution in [0.15, 0.2) is 21.1 Å². The maximum atomic E-state index is 5.11. The molecule has 0 spiro atoms. The van der Waals surface area contributed by atoms with Gasteiger partial charge in [0, 0.05) is 9.86 Å². The molecule has 0 unspecified atom stereocenters. The highest BCUT2D eigenvalue weighted by Gasteiger charge is 2.08. The van der Waals surface area contributed by atoms with Gasteiger partial charge in [0.25, 0.3) is 0 Å². The zero-order valence-electron chi connectivity index (χ0n) is 6.89. The average Bonchev–Trinajstić information content (AvgIpc) is 2.41. The maximum Gasteiger partial charge on any atom is 0.167 e. The molecular weight excluding hydrogens is 218 g/mol. The summed E-state index contributed by atoms with van der Waals surface area (Å²) in [6.45, 7) is 4.00. The van der Waals surface area contributed by atoms with Crippen LogP contribution in [0.4, 0.5) is 0 Å². The van der Waals surface area contributed by atoms with Crippen molar-refractivity contribution >= 4 is 26.9 Å². The van der Waals surface area contributed by atoms with Crippen LogP contribution >= 0.6 is 15.9 Å². The second-order valence-corrected chi connectivity index (χ2v) is 3.67. The molecule has 0 atom stereocenters. The molecule has 0 saturated heterocycles. The van der Waals surface area contributed by atoms with Crippen molar-refractivity contribution < 1.29 is 4.52 Å². The quantitative estimate of drug-likeness (QED) is 0.689. The molecule has 0 saturated carbocycles. The third kappa shape index (κ3) is 0.966. The Kier molecular flexibility index (Phi) is 1.68. The topological polar surface area (TPSA) is 26.0 Å². The lowest BCUT2D eigenvalue weighted by Gasteiger charge is -1.97. The molecule has 0 fully saturated rings. The molecule has 0 N–H and O–H groups in total. The van der Waals surface area contributed by atoms with Crippen LogP contribution in [0.2, 0.25) is 0 Å². The van der Waals surface area contributed by atoms with Crippen molar-refractivity contribution in [3.8, 4) is 0 Å². The minimum absolute atomic E-state index is 0.855. The predicted octanol–water partition coefficient (Wildman–Crippen LogP) is 3.21. The monoisotopic (exact) mass is 225 g/mol. The van der Waals surface area contributed by atoms with Gasteiger partial charge in [0.15, 0.2) is 5.58 Å². The second-order valence-electron chi connectivity index (χ2n) is 2.81. The number of nitrogens with zero attached hydrogens (tertiary/aromatic N) is 1. The van der Waals surface area contributed by atoms with Crippen LogP contribution in [-0.4, -0.2) is 5.16 Å². The van der Waals surface area contributed by atoms with Crippen molar-refractivity contribution in [2.24, 2.45) is 0 Å². The fraction of sp³-hybridized carbons (Fsp3) is 0.222. The van der Waals surface area contributed by atoms with E-state index >= 15 is 0 Å². The van der Waals surface area contributed by atoms with Crippen LogP contribution in [0, 0.1) is 13.8 Å². The number of halogens is 1. The lowest BCUT2D eigenvalue weighted by molar-refractivity contribution is 0.450. The number of rotatable bonds is 0. The van der Waals surface area contributed by atoms with Gasteiger partial charge >= 0.3 is 0 Å². The van der Waals surface area contributed by atoms with Crippen LogP contribution < -0.4 is 0 Å². The fourth-order valence-electron chi connectivity index (χ4n) is 1.35. The first kappa shape index (κ1) is 7.80. The van der Waals surface area contributed by atoms with Crippen LogP contribution in [0.3, 0.4) is 0 Å². The standard InChI is InChI=1S/C9H8BrNO/c1-5-7(10)3-4-8-9(5)6(2)11-12-8/h3-4H,1-2H3. The van der Waals surface area contributed by atoms with E-state index in [0.717, 1.165) is 21.1 Å². The molecule has 62 valence electrons. The van der Waals surface area contributed by atoms with E-state index < -0.39 is 0 Å². The molecule has 0 amide bonds. The lowest BCUT2D eigenvalue weighted by atomic mass is 10.1. The minimum atomic E-state index is 0.855. The second kappa shape index (κ2) is 2.59. The van der Waals surface area contributed by atoms with Crippen molar-refractivity contribution in [1.82, 2.24) is 5.16 Å². The number of hydrogen-bond acceptors (Lipinski definition) is 2.